The smallest absolute Gasteiger partial charge is 0.273 e. The fourth-order valence-corrected chi connectivity index (χ4v) is 2.74. The topological polar surface area (TPSA) is 83.7 Å². The fourth-order valence-electron chi connectivity index (χ4n) is 2.74. The SMILES string of the molecule is O=C(c1cc(F)cc([N+](=O)[O-])c1)N(CCO)C1CCCC1. The van der Waals surface area contributed by atoms with Crippen LogP contribution in [0.25, 0.3) is 0 Å². The molecule has 0 heterocycles. The van der Waals surface area contributed by atoms with Gasteiger partial charge in [0.25, 0.3) is 11.6 Å². The van der Waals surface area contributed by atoms with Gasteiger partial charge in [0.2, 0.25) is 0 Å². The Morgan fingerprint density at radius 3 is 2.62 bits per heavy atom. The van der Waals surface area contributed by atoms with Gasteiger partial charge in [-0.1, -0.05) is 12.8 Å². The number of nitro benzene ring substituents is 1. The first-order chi connectivity index (χ1) is 10.0. The molecule has 0 atom stereocenters. The van der Waals surface area contributed by atoms with E-state index in [1.807, 2.05) is 0 Å². The molecule has 0 saturated heterocycles. The molecule has 0 spiro atoms. The summed E-state index contributed by atoms with van der Waals surface area (Å²) in [4.78, 5) is 24.0. The monoisotopic (exact) mass is 296 g/mol. The summed E-state index contributed by atoms with van der Waals surface area (Å²) in [6.07, 6.45) is 3.68. The van der Waals surface area contributed by atoms with Crippen LogP contribution in [0.3, 0.4) is 0 Å². The van der Waals surface area contributed by atoms with Crippen molar-refractivity contribution in [1.82, 2.24) is 4.90 Å². The first kappa shape index (κ1) is 15.4. The zero-order valence-corrected chi connectivity index (χ0v) is 11.5. The highest BCUT2D eigenvalue weighted by atomic mass is 19.1. The number of aliphatic hydroxyl groups is 1. The molecule has 1 aromatic carbocycles. The number of carbonyl (C=O) groups excluding carboxylic acids is 1. The zero-order valence-electron chi connectivity index (χ0n) is 11.5. The van der Waals surface area contributed by atoms with Crippen molar-refractivity contribution in [2.24, 2.45) is 0 Å². The van der Waals surface area contributed by atoms with Crippen LogP contribution < -0.4 is 0 Å². The van der Waals surface area contributed by atoms with Gasteiger partial charge in [-0.3, -0.25) is 14.9 Å². The van der Waals surface area contributed by atoms with E-state index in [-0.39, 0.29) is 24.8 Å². The van der Waals surface area contributed by atoms with Crippen molar-refractivity contribution in [2.45, 2.75) is 31.7 Å². The average molecular weight is 296 g/mol. The van der Waals surface area contributed by atoms with Crippen molar-refractivity contribution in [1.29, 1.82) is 0 Å². The summed E-state index contributed by atoms with van der Waals surface area (Å²) in [5.41, 5.74) is -0.504. The Labute approximate surface area is 121 Å². The zero-order chi connectivity index (χ0) is 15.4. The number of nitrogens with zero attached hydrogens (tertiary/aromatic N) is 2. The first-order valence-electron chi connectivity index (χ1n) is 6.89. The van der Waals surface area contributed by atoms with Crippen LogP contribution in [0.4, 0.5) is 10.1 Å². The second kappa shape index (κ2) is 6.62. The molecule has 1 aliphatic carbocycles. The molecule has 21 heavy (non-hydrogen) atoms. The number of halogens is 1. The lowest BCUT2D eigenvalue weighted by molar-refractivity contribution is -0.385. The molecular weight excluding hydrogens is 279 g/mol. The van der Waals surface area contributed by atoms with Crippen molar-refractivity contribution >= 4 is 11.6 Å². The normalized spacial score (nSPS) is 15.1. The van der Waals surface area contributed by atoms with Crippen LogP contribution in [0.5, 0.6) is 0 Å². The Kier molecular flexibility index (Phi) is 4.85. The number of hydrogen-bond acceptors (Lipinski definition) is 4. The molecule has 1 fully saturated rings. The average Bonchev–Trinajstić information content (AvgIpc) is 2.97. The minimum absolute atomic E-state index is 0.00646. The maximum Gasteiger partial charge on any atom is 0.273 e. The summed E-state index contributed by atoms with van der Waals surface area (Å²) >= 11 is 0. The molecule has 0 aromatic heterocycles. The van der Waals surface area contributed by atoms with Gasteiger partial charge in [0.1, 0.15) is 5.82 Å². The van der Waals surface area contributed by atoms with Crippen LogP contribution in [0.2, 0.25) is 0 Å². The molecule has 0 aliphatic heterocycles. The van der Waals surface area contributed by atoms with Gasteiger partial charge in [0.15, 0.2) is 0 Å². The second-order valence-corrected chi connectivity index (χ2v) is 5.12. The molecule has 0 unspecified atom stereocenters. The lowest BCUT2D eigenvalue weighted by Gasteiger charge is -2.28. The van der Waals surface area contributed by atoms with Gasteiger partial charge in [-0.05, 0) is 18.9 Å². The molecule has 6 nitrogen and oxygen atoms in total. The Balaban J connectivity index is 2.29. The Morgan fingerprint density at radius 1 is 1.38 bits per heavy atom. The van der Waals surface area contributed by atoms with Gasteiger partial charge in [-0.15, -0.1) is 0 Å². The molecule has 1 aliphatic rings. The lowest BCUT2D eigenvalue weighted by Crippen LogP contribution is -2.40. The Hall–Kier alpha value is -2.02. The standard InChI is InChI=1S/C14H17FN2O4/c15-11-7-10(8-13(9-11)17(20)21)14(19)16(5-6-18)12-3-1-2-4-12/h7-9,12,18H,1-6H2. The number of non-ortho nitro benzene ring substituents is 1. The Morgan fingerprint density at radius 2 is 2.05 bits per heavy atom. The molecular formula is C14H17FN2O4. The van der Waals surface area contributed by atoms with Crippen LogP contribution in [-0.2, 0) is 0 Å². The number of benzene rings is 1. The van der Waals surface area contributed by atoms with Gasteiger partial charge in [0.05, 0.1) is 17.6 Å². The number of nitro groups is 1. The predicted octanol–water partition coefficient (Wildman–Crippen LogP) is 2.11. The lowest BCUT2D eigenvalue weighted by atomic mass is 10.1. The highest BCUT2D eigenvalue weighted by molar-refractivity contribution is 5.95. The summed E-state index contributed by atoms with van der Waals surface area (Å²) in [6.45, 7) is -0.0482. The minimum atomic E-state index is -0.817. The minimum Gasteiger partial charge on any atom is -0.395 e. The van der Waals surface area contributed by atoms with Crippen molar-refractivity contribution in [2.75, 3.05) is 13.2 Å². The van der Waals surface area contributed by atoms with Crippen LogP contribution in [0, 0.1) is 15.9 Å². The molecule has 0 radical (unpaired) electrons. The summed E-state index contributed by atoms with van der Waals surface area (Å²) in [6, 6.07) is 2.86. The number of carbonyl (C=O) groups is 1. The highest BCUT2D eigenvalue weighted by Crippen LogP contribution is 2.26. The van der Waals surface area contributed by atoms with E-state index < -0.39 is 22.3 Å². The molecule has 1 amide bonds. The molecule has 0 bridgehead atoms. The van der Waals surface area contributed by atoms with Gasteiger partial charge in [-0.2, -0.15) is 0 Å². The largest absolute Gasteiger partial charge is 0.395 e. The third-order valence-electron chi connectivity index (χ3n) is 3.71. The molecule has 2 rings (SSSR count). The number of rotatable bonds is 5. The quantitative estimate of drug-likeness (QED) is 0.666. The van der Waals surface area contributed by atoms with Crippen molar-refractivity contribution in [3.8, 4) is 0 Å². The van der Waals surface area contributed by atoms with Gasteiger partial charge >= 0.3 is 0 Å². The summed E-state index contributed by atoms with van der Waals surface area (Å²) in [7, 11) is 0. The van der Waals surface area contributed by atoms with E-state index in [0.29, 0.717) is 0 Å². The highest BCUT2D eigenvalue weighted by Gasteiger charge is 2.28. The molecule has 1 N–H and O–H groups in total. The summed E-state index contributed by atoms with van der Waals surface area (Å²) < 4.78 is 13.5. The van der Waals surface area contributed by atoms with Crippen molar-refractivity contribution in [3.05, 3.63) is 39.7 Å². The van der Waals surface area contributed by atoms with Crippen LogP contribution >= 0.6 is 0 Å². The molecule has 7 heteroatoms. The van der Waals surface area contributed by atoms with E-state index in [2.05, 4.69) is 0 Å². The maximum atomic E-state index is 13.5. The van der Waals surface area contributed by atoms with E-state index in [1.165, 1.54) is 4.90 Å². The van der Waals surface area contributed by atoms with Gasteiger partial charge in [0, 0.05) is 24.2 Å². The molecule has 1 aromatic rings. The van der Waals surface area contributed by atoms with Crippen LogP contribution in [-0.4, -0.2) is 40.0 Å². The van der Waals surface area contributed by atoms with E-state index in [1.54, 1.807) is 0 Å². The van der Waals surface area contributed by atoms with Crippen molar-refractivity contribution < 1.29 is 19.2 Å². The van der Waals surface area contributed by atoms with Crippen LogP contribution in [0.1, 0.15) is 36.0 Å². The summed E-state index contributed by atoms with van der Waals surface area (Å²) in [5.74, 6) is -1.29. The maximum absolute atomic E-state index is 13.5. The second-order valence-electron chi connectivity index (χ2n) is 5.12. The predicted molar refractivity (Wildman–Crippen MR) is 73.4 cm³/mol. The molecule has 1 saturated carbocycles. The first-order valence-corrected chi connectivity index (χ1v) is 6.89. The third kappa shape index (κ3) is 3.55. The van der Waals surface area contributed by atoms with E-state index in [0.717, 1.165) is 43.9 Å². The van der Waals surface area contributed by atoms with Crippen molar-refractivity contribution in [3.63, 3.8) is 0 Å². The van der Waals surface area contributed by atoms with Gasteiger partial charge < -0.3 is 10.0 Å². The van der Waals surface area contributed by atoms with Gasteiger partial charge in [-0.25, -0.2) is 4.39 Å². The van der Waals surface area contributed by atoms with E-state index >= 15 is 0 Å². The van der Waals surface area contributed by atoms with Crippen LogP contribution in [0.15, 0.2) is 18.2 Å². The number of amides is 1. The fraction of sp³-hybridized carbons (Fsp3) is 0.500. The van der Waals surface area contributed by atoms with E-state index in [9.17, 15) is 19.3 Å². The Bertz CT molecular complexity index is 544. The third-order valence-corrected chi connectivity index (χ3v) is 3.71. The number of hydrogen-bond donors (Lipinski definition) is 1. The van der Waals surface area contributed by atoms with E-state index in [4.69, 9.17) is 5.11 Å². The summed E-state index contributed by atoms with van der Waals surface area (Å²) in [5, 5.41) is 19.9. The number of aliphatic hydroxyl groups excluding tert-OH is 1. The molecule has 114 valence electrons.